The first-order valence-corrected chi connectivity index (χ1v) is 10.8. The number of hydrogen-bond donors (Lipinski definition) is 0. The van der Waals surface area contributed by atoms with Gasteiger partial charge in [0.1, 0.15) is 11.4 Å². The number of carbonyl (C=O) groups is 1. The molecule has 1 spiro atoms. The third kappa shape index (κ3) is 2.45. The van der Waals surface area contributed by atoms with Crippen molar-refractivity contribution in [1.82, 2.24) is 0 Å². The number of fused-ring (bicyclic) bond motifs is 3. The normalized spacial score (nSPS) is 28.1. The van der Waals surface area contributed by atoms with E-state index in [1.54, 1.807) is 0 Å². The standard InChI is InChI=1S/C25H28O3/c1-3-27-24(26)22-16(2)19-12-4-5-13-20(19)23-21(22)14-15-25(28-23)17-8-6-9-18(25)11-7-10-17/h4-5,12-15,17-18H,3,6-11H2,1-2H3. The summed E-state index contributed by atoms with van der Waals surface area (Å²) in [6, 6.07) is 8.30. The fraction of sp³-hybridized carbons (Fsp3) is 0.480. The molecule has 5 rings (SSSR count). The van der Waals surface area contributed by atoms with E-state index in [0.717, 1.165) is 27.6 Å². The van der Waals surface area contributed by atoms with Gasteiger partial charge in [0.15, 0.2) is 0 Å². The lowest BCUT2D eigenvalue weighted by Gasteiger charge is -2.52. The average molecular weight is 376 g/mol. The number of carbonyl (C=O) groups excluding carboxylic acids is 1. The first kappa shape index (κ1) is 17.8. The number of rotatable bonds is 2. The van der Waals surface area contributed by atoms with Crippen molar-refractivity contribution in [2.45, 2.75) is 58.0 Å². The highest BCUT2D eigenvalue weighted by molar-refractivity contribution is 6.06. The van der Waals surface area contributed by atoms with Crippen molar-refractivity contribution >= 4 is 22.8 Å². The summed E-state index contributed by atoms with van der Waals surface area (Å²) in [7, 11) is 0. The summed E-state index contributed by atoms with van der Waals surface area (Å²) in [5.41, 5.74) is 2.32. The predicted molar refractivity (Wildman–Crippen MR) is 112 cm³/mol. The van der Waals surface area contributed by atoms with E-state index >= 15 is 0 Å². The van der Waals surface area contributed by atoms with Crippen LogP contribution in [-0.4, -0.2) is 18.2 Å². The zero-order valence-electron chi connectivity index (χ0n) is 16.8. The quantitative estimate of drug-likeness (QED) is 0.597. The minimum atomic E-state index is -0.255. The second-order valence-electron chi connectivity index (χ2n) is 8.55. The highest BCUT2D eigenvalue weighted by Crippen LogP contribution is 2.54. The van der Waals surface area contributed by atoms with Gasteiger partial charge in [-0.3, -0.25) is 0 Å². The molecule has 1 heterocycles. The molecule has 0 N–H and O–H groups in total. The zero-order valence-corrected chi connectivity index (χ0v) is 16.8. The van der Waals surface area contributed by atoms with Gasteiger partial charge in [0.2, 0.25) is 0 Å². The van der Waals surface area contributed by atoms with Crippen LogP contribution in [0.15, 0.2) is 30.3 Å². The molecule has 2 bridgehead atoms. The Bertz CT molecular complexity index is 949. The molecule has 3 nitrogen and oxygen atoms in total. The Kier molecular flexibility index (Phi) is 4.22. The van der Waals surface area contributed by atoms with E-state index in [1.807, 2.05) is 19.9 Å². The minimum Gasteiger partial charge on any atom is -0.481 e. The maximum atomic E-state index is 12.8. The molecule has 0 radical (unpaired) electrons. The van der Waals surface area contributed by atoms with Gasteiger partial charge in [0.25, 0.3) is 0 Å². The summed E-state index contributed by atoms with van der Waals surface area (Å²) in [5.74, 6) is 1.78. The van der Waals surface area contributed by atoms with Gasteiger partial charge < -0.3 is 9.47 Å². The number of aryl methyl sites for hydroxylation is 1. The van der Waals surface area contributed by atoms with Crippen molar-refractivity contribution in [2.24, 2.45) is 11.8 Å². The van der Waals surface area contributed by atoms with Crippen molar-refractivity contribution in [3.8, 4) is 5.75 Å². The van der Waals surface area contributed by atoms with Crippen molar-refractivity contribution in [3.63, 3.8) is 0 Å². The van der Waals surface area contributed by atoms with Crippen LogP contribution >= 0.6 is 0 Å². The predicted octanol–water partition coefficient (Wildman–Crippen LogP) is 6.07. The van der Waals surface area contributed by atoms with Gasteiger partial charge >= 0.3 is 5.97 Å². The maximum absolute atomic E-state index is 12.8. The van der Waals surface area contributed by atoms with Crippen LogP contribution in [0.1, 0.15) is 66.9 Å². The Labute approximate surface area is 166 Å². The van der Waals surface area contributed by atoms with Gasteiger partial charge in [-0.1, -0.05) is 43.2 Å². The second kappa shape index (κ2) is 6.65. The first-order valence-electron chi connectivity index (χ1n) is 10.8. The van der Waals surface area contributed by atoms with Crippen LogP contribution < -0.4 is 4.74 Å². The molecule has 0 saturated heterocycles. The Morgan fingerprint density at radius 2 is 1.75 bits per heavy atom. The van der Waals surface area contributed by atoms with Crippen molar-refractivity contribution in [1.29, 1.82) is 0 Å². The van der Waals surface area contributed by atoms with Crippen molar-refractivity contribution < 1.29 is 14.3 Å². The fourth-order valence-electron chi connectivity index (χ4n) is 5.95. The molecule has 2 aliphatic carbocycles. The molecule has 0 atom stereocenters. The molecule has 28 heavy (non-hydrogen) atoms. The van der Waals surface area contributed by atoms with E-state index in [4.69, 9.17) is 9.47 Å². The molecule has 3 heteroatoms. The van der Waals surface area contributed by atoms with E-state index in [1.165, 1.54) is 38.5 Å². The van der Waals surface area contributed by atoms with Crippen molar-refractivity contribution in [2.75, 3.05) is 6.61 Å². The lowest BCUT2D eigenvalue weighted by Crippen LogP contribution is -2.54. The summed E-state index contributed by atoms with van der Waals surface area (Å²) >= 11 is 0. The van der Waals surface area contributed by atoms with E-state index < -0.39 is 0 Å². The van der Waals surface area contributed by atoms with E-state index in [-0.39, 0.29) is 11.6 Å². The lowest BCUT2D eigenvalue weighted by atomic mass is 9.60. The van der Waals surface area contributed by atoms with Crippen LogP contribution in [0.25, 0.3) is 16.8 Å². The Morgan fingerprint density at radius 3 is 2.39 bits per heavy atom. The third-order valence-electron chi connectivity index (χ3n) is 7.22. The van der Waals surface area contributed by atoms with Gasteiger partial charge in [-0.05, 0) is 56.6 Å². The molecule has 0 amide bonds. The van der Waals surface area contributed by atoms with Gasteiger partial charge in [-0.2, -0.15) is 0 Å². The van der Waals surface area contributed by atoms with Crippen LogP contribution in [-0.2, 0) is 4.74 Å². The molecule has 2 fully saturated rings. The van der Waals surface area contributed by atoms with Crippen LogP contribution in [0.4, 0.5) is 0 Å². The number of esters is 1. The number of benzene rings is 2. The van der Waals surface area contributed by atoms with Gasteiger partial charge in [0.05, 0.1) is 12.2 Å². The monoisotopic (exact) mass is 376 g/mol. The molecule has 146 valence electrons. The van der Waals surface area contributed by atoms with E-state index in [2.05, 4.69) is 30.4 Å². The maximum Gasteiger partial charge on any atom is 0.339 e. The van der Waals surface area contributed by atoms with Crippen LogP contribution in [0.2, 0.25) is 0 Å². The van der Waals surface area contributed by atoms with Gasteiger partial charge in [-0.25, -0.2) is 4.79 Å². The van der Waals surface area contributed by atoms with E-state index in [0.29, 0.717) is 24.0 Å². The number of hydrogen-bond acceptors (Lipinski definition) is 3. The molecule has 3 aliphatic rings. The zero-order chi connectivity index (χ0) is 19.3. The fourth-order valence-corrected chi connectivity index (χ4v) is 5.95. The molecule has 0 aromatic heterocycles. The van der Waals surface area contributed by atoms with Crippen LogP contribution in [0, 0.1) is 18.8 Å². The molecule has 2 aromatic rings. The first-order chi connectivity index (χ1) is 13.7. The lowest BCUT2D eigenvalue weighted by molar-refractivity contribution is -0.0605. The van der Waals surface area contributed by atoms with Crippen LogP contribution in [0.5, 0.6) is 5.75 Å². The molecule has 2 saturated carbocycles. The second-order valence-corrected chi connectivity index (χ2v) is 8.55. The Balaban J connectivity index is 1.73. The highest BCUT2D eigenvalue weighted by Gasteiger charge is 2.51. The molecular weight excluding hydrogens is 348 g/mol. The highest BCUT2D eigenvalue weighted by atomic mass is 16.5. The Morgan fingerprint density at radius 1 is 1.11 bits per heavy atom. The smallest absolute Gasteiger partial charge is 0.339 e. The Hall–Kier alpha value is -2.29. The minimum absolute atomic E-state index is 0.201. The average Bonchev–Trinajstić information content (AvgIpc) is 2.69. The summed E-state index contributed by atoms with van der Waals surface area (Å²) in [6.07, 6.45) is 12.0. The molecule has 0 unspecified atom stereocenters. The van der Waals surface area contributed by atoms with Crippen LogP contribution in [0.3, 0.4) is 0 Å². The summed E-state index contributed by atoms with van der Waals surface area (Å²) in [4.78, 5) is 12.8. The summed E-state index contributed by atoms with van der Waals surface area (Å²) in [6.45, 7) is 4.24. The number of ether oxygens (including phenoxy) is 2. The van der Waals surface area contributed by atoms with E-state index in [9.17, 15) is 4.79 Å². The summed E-state index contributed by atoms with van der Waals surface area (Å²) in [5, 5.41) is 2.19. The molecule has 1 aliphatic heterocycles. The SMILES string of the molecule is CCOC(=O)c1c2c(c3ccccc3c1C)OC1(C=C2)C2CCCC1CCC2. The van der Waals surface area contributed by atoms with Gasteiger partial charge in [0, 0.05) is 22.8 Å². The third-order valence-corrected chi connectivity index (χ3v) is 7.22. The molecular formula is C25H28O3. The van der Waals surface area contributed by atoms with Crippen molar-refractivity contribution in [3.05, 3.63) is 47.0 Å². The van der Waals surface area contributed by atoms with Gasteiger partial charge in [-0.15, -0.1) is 0 Å². The topological polar surface area (TPSA) is 35.5 Å². The summed E-state index contributed by atoms with van der Waals surface area (Å²) < 4.78 is 12.4. The molecule has 2 aromatic carbocycles. The largest absolute Gasteiger partial charge is 0.481 e.